The number of carbonyl (C=O) groups excluding carboxylic acids is 1. The molecule has 1 amide bonds. The van der Waals surface area contributed by atoms with Gasteiger partial charge in [0.1, 0.15) is 6.04 Å². The molecule has 0 aliphatic carbocycles. The van der Waals surface area contributed by atoms with E-state index in [1.807, 2.05) is 19.1 Å². The predicted molar refractivity (Wildman–Crippen MR) is 119 cm³/mol. The zero-order valence-corrected chi connectivity index (χ0v) is 17.7. The Balaban J connectivity index is 1.96. The SMILES string of the molecule is Cc1ccc2[nH]ncc2c1-c1nc(-c2ccccc2N[C@@H](C)C(F)(F)F)nc(C(N)=O)c1N. The van der Waals surface area contributed by atoms with E-state index in [2.05, 4.69) is 25.5 Å². The van der Waals surface area contributed by atoms with Gasteiger partial charge >= 0.3 is 6.18 Å². The summed E-state index contributed by atoms with van der Waals surface area (Å²) in [6, 6.07) is 8.08. The number of H-pyrrole nitrogens is 1. The molecule has 2 heterocycles. The molecule has 6 N–H and O–H groups in total. The largest absolute Gasteiger partial charge is 0.408 e. The first-order valence-electron chi connectivity index (χ1n) is 9.91. The molecule has 0 aliphatic heterocycles. The normalized spacial score (nSPS) is 12.6. The summed E-state index contributed by atoms with van der Waals surface area (Å²) < 4.78 is 39.5. The number of alkyl halides is 3. The average Bonchev–Trinajstić information content (AvgIpc) is 3.22. The van der Waals surface area contributed by atoms with Gasteiger partial charge in [-0.1, -0.05) is 18.2 Å². The summed E-state index contributed by atoms with van der Waals surface area (Å²) in [5, 5.41) is 10.1. The highest BCUT2D eigenvalue weighted by Crippen LogP contribution is 2.37. The van der Waals surface area contributed by atoms with Crippen LogP contribution in [0, 0.1) is 6.92 Å². The number of aromatic amines is 1. The second-order valence-electron chi connectivity index (χ2n) is 7.56. The number of aryl methyl sites for hydroxylation is 1. The van der Waals surface area contributed by atoms with Crippen molar-refractivity contribution in [3.05, 3.63) is 53.9 Å². The van der Waals surface area contributed by atoms with Crippen molar-refractivity contribution >= 4 is 28.2 Å². The number of amides is 1. The highest BCUT2D eigenvalue weighted by atomic mass is 19.4. The molecule has 0 bridgehead atoms. The van der Waals surface area contributed by atoms with Crippen molar-refractivity contribution in [3.63, 3.8) is 0 Å². The van der Waals surface area contributed by atoms with E-state index < -0.39 is 18.1 Å². The number of primary amides is 1. The van der Waals surface area contributed by atoms with E-state index in [9.17, 15) is 18.0 Å². The minimum absolute atomic E-state index is 0.00497. The number of halogens is 3. The average molecular weight is 455 g/mol. The van der Waals surface area contributed by atoms with Crippen LogP contribution in [-0.2, 0) is 0 Å². The van der Waals surface area contributed by atoms with E-state index >= 15 is 0 Å². The van der Waals surface area contributed by atoms with Gasteiger partial charge in [0.2, 0.25) is 0 Å². The number of rotatable bonds is 5. The van der Waals surface area contributed by atoms with E-state index in [0.29, 0.717) is 10.9 Å². The summed E-state index contributed by atoms with van der Waals surface area (Å²) in [5.41, 5.74) is 14.3. The number of hydrogen-bond donors (Lipinski definition) is 4. The van der Waals surface area contributed by atoms with Gasteiger partial charge in [-0.25, -0.2) is 9.97 Å². The van der Waals surface area contributed by atoms with Crippen LogP contribution in [0.25, 0.3) is 33.5 Å². The van der Waals surface area contributed by atoms with Crippen LogP contribution in [0.2, 0.25) is 0 Å². The molecule has 0 spiro atoms. The molecule has 0 fully saturated rings. The van der Waals surface area contributed by atoms with Gasteiger partial charge in [0.05, 0.1) is 23.1 Å². The van der Waals surface area contributed by atoms with Crippen molar-refractivity contribution in [1.82, 2.24) is 20.2 Å². The van der Waals surface area contributed by atoms with E-state index in [1.54, 1.807) is 24.4 Å². The van der Waals surface area contributed by atoms with Gasteiger partial charge in [-0.15, -0.1) is 0 Å². The fraction of sp³-hybridized carbons (Fsp3) is 0.182. The molecule has 0 saturated heterocycles. The molecule has 0 radical (unpaired) electrons. The predicted octanol–water partition coefficient (Wildman–Crippen LogP) is 4.04. The zero-order chi connectivity index (χ0) is 23.9. The molecule has 33 heavy (non-hydrogen) atoms. The number of nitrogens with zero attached hydrogens (tertiary/aromatic N) is 3. The summed E-state index contributed by atoms with van der Waals surface area (Å²) in [7, 11) is 0. The van der Waals surface area contributed by atoms with Crippen molar-refractivity contribution in [2.24, 2.45) is 5.73 Å². The standard InChI is InChI=1S/C22H20F3N7O/c1-10-7-8-15-13(9-28-32-15)16(10)18-17(26)19(20(27)33)31-21(30-18)12-5-3-4-6-14(12)29-11(2)22(23,24)25/h3-9,11,29H,26H2,1-2H3,(H2,27,33)(H,28,32)/t11-/m0/s1. The first kappa shape index (κ1) is 22.1. The van der Waals surface area contributed by atoms with E-state index in [1.165, 1.54) is 6.07 Å². The number of benzene rings is 2. The van der Waals surface area contributed by atoms with Crippen molar-refractivity contribution in [2.75, 3.05) is 11.1 Å². The number of nitrogens with two attached hydrogens (primary N) is 2. The number of fused-ring (bicyclic) bond motifs is 1. The molecule has 0 aliphatic rings. The maximum absolute atomic E-state index is 13.2. The Kier molecular flexibility index (Phi) is 5.40. The molecule has 170 valence electrons. The number of aromatic nitrogens is 4. The van der Waals surface area contributed by atoms with Gasteiger partial charge in [0.15, 0.2) is 11.5 Å². The molecular formula is C22H20F3N7O. The van der Waals surface area contributed by atoms with Gasteiger partial charge in [-0.2, -0.15) is 18.3 Å². The lowest BCUT2D eigenvalue weighted by atomic mass is 9.99. The molecule has 1 atom stereocenters. The van der Waals surface area contributed by atoms with Gasteiger partial charge < -0.3 is 16.8 Å². The van der Waals surface area contributed by atoms with Crippen LogP contribution in [0.4, 0.5) is 24.5 Å². The third-order valence-corrected chi connectivity index (χ3v) is 5.28. The number of nitrogens with one attached hydrogen (secondary N) is 2. The monoisotopic (exact) mass is 455 g/mol. The molecule has 4 rings (SSSR count). The Bertz CT molecular complexity index is 1360. The quantitative estimate of drug-likeness (QED) is 0.359. The fourth-order valence-electron chi connectivity index (χ4n) is 3.53. The van der Waals surface area contributed by atoms with Crippen LogP contribution in [-0.4, -0.2) is 38.3 Å². The second-order valence-corrected chi connectivity index (χ2v) is 7.56. The Morgan fingerprint density at radius 2 is 1.88 bits per heavy atom. The highest BCUT2D eigenvalue weighted by molar-refractivity contribution is 6.04. The maximum atomic E-state index is 13.2. The molecule has 0 unspecified atom stereocenters. The number of carbonyl (C=O) groups is 1. The van der Waals surface area contributed by atoms with Crippen LogP contribution < -0.4 is 16.8 Å². The summed E-state index contributed by atoms with van der Waals surface area (Å²) in [6.07, 6.45) is -2.87. The minimum Gasteiger partial charge on any atom is -0.395 e. The van der Waals surface area contributed by atoms with Crippen molar-refractivity contribution < 1.29 is 18.0 Å². The van der Waals surface area contributed by atoms with Gasteiger partial charge in [0.25, 0.3) is 5.91 Å². The van der Waals surface area contributed by atoms with Crippen LogP contribution in [0.15, 0.2) is 42.6 Å². The molecule has 8 nitrogen and oxygen atoms in total. The highest BCUT2D eigenvalue weighted by Gasteiger charge is 2.36. The summed E-state index contributed by atoms with van der Waals surface area (Å²) in [4.78, 5) is 20.9. The first-order chi connectivity index (χ1) is 15.6. The summed E-state index contributed by atoms with van der Waals surface area (Å²) in [5.74, 6) is -0.881. The Labute approximate surface area is 186 Å². The molecule has 2 aromatic carbocycles. The topological polar surface area (TPSA) is 136 Å². The lowest BCUT2D eigenvalue weighted by molar-refractivity contribution is -0.138. The summed E-state index contributed by atoms with van der Waals surface area (Å²) >= 11 is 0. The van der Waals surface area contributed by atoms with E-state index in [4.69, 9.17) is 11.5 Å². The molecule has 4 aromatic rings. The zero-order valence-electron chi connectivity index (χ0n) is 17.7. The number of hydrogen-bond acceptors (Lipinski definition) is 6. The van der Waals surface area contributed by atoms with Crippen LogP contribution in [0.5, 0.6) is 0 Å². The van der Waals surface area contributed by atoms with Crippen LogP contribution in [0.3, 0.4) is 0 Å². The Morgan fingerprint density at radius 1 is 1.15 bits per heavy atom. The molecular weight excluding hydrogens is 435 g/mol. The van der Waals surface area contributed by atoms with Gasteiger partial charge in [-0.05, 0) is 37.6 Å². The third kappa shape index (κ3) is 4.04. The van der Waals surface area contributed by atoms with E-state index in [-0.39, 0.29) is 34.2 Å². The lowest BCUT2D eigenvalue weighted by Crippen LogP contribution is -2.33. The van der Waals surface area contributed by atoms with Gasteiger partial charge in [0, 0.05) is 22.2 Å². The van der Waals surface area contributed by atoms with Gasteiger partial charge in [-0.3, -0.25) is 9.89 Å². The number of anilines is 2. The summed E-state index contributed by atoms with van der Waals surface area (Å²) in [6.45, 7) is 2.84. The first-order valence-corrected chi connectivity index (χ1v) is 9.91. The number of nitrogen functional groups attached to an aromatic ring is 1. The Hall–Kier alpha value is -4.15. The van der Waals surface area contributed by atoms with Crippen molar-refractivity contribution in [3.8, 4) is 22.6 Å². The fourth-order valence-corrected chi connectivity index (χ4v) is 3.53. The minimum atomic E-state index is -4.47. The molecule has 0 saturated carbocycles. The Morgan fingerprint density at radius 3 is 2.58 bits per heavy atom. The molecule has 11 heteroatoms. The lowest BCUT2D eigenvalue weighted by Gasteiger charge is -2.20. The van der Waals surface area contributed by atoms with Crippen LogP contribution >= 0.6 is 0 Å². The van der Waals surface area contributed by atoms with Crippen molar-refractivity contribution in [1.29, 1.82) is 0 Å². The van der Waals surface area contributed by atoms with Crippen LogP contribution in [0.1, 0.15) is 23.0 Å². The van der Waals surface area contributed by atoms with E-state index in [0.717, 1.165) is 18.0 Å². The smallest absolute Gasteiger partial charge is 0.395 e. The maximum Gasteiger partial charge on any atom is 0.408 e. The second kappa shape index (κ2) is 8.08. The molecule has 2 aromatic heterocycles. The number of para-hydroxylation sites is 1. The van der Waals surface area contributed by atoms with Crippen molar-refractivity contribution in [2.45, 2.75) is 26.1 Å². The third-order valence-electron chi connectivity index (χ3n) is 5.28.